The fourth-order valence-electron chi connectivity index (χ4n) is 4.89. The maximum atomic E-state index is 14.0. The Labute approximate surface area is 193 Å². The molecule has 1 N–H and O–H groups in total. The lowest BCUT2D eigenvalue weighted by atomic mass is 9.94. The van der Waals surface area contributed by atoms with E-state index >= 15 is 0 Å². The molecule has 1 saturated heterocycles. The van der Waals surface area contributed by atoms with Crippen LogP contribution in [0.3, 0.4) is 0 Å². The molecule has 1 unspecified atom stereocenters. The van der Waals surface area contributed by atoms with E-state index in [-0.39, 0.29) is 30.2 Å². The zero-order valence-corrected chi connectivity index (χ0v) is 18.9. The van der Waals surface area contributed by atoms with Crippen molar-refractivity contribution in [1.82, 2.24) is 15.1 Å². The summed E-state index contributed by atoms with van der Waals surface area (Å²) in [5.41, 5.74) is 0.999. The Kier molecular flexibility index (Phi) is 7.43. The molecule has 0 bridgehead atoms. The van der Waals surface area contributed by atoms with Gasteiger partial charge < -0.3 is 10.2 Å². The third-order valence-corrected chi connectivity index (χ3v) is 6.95. The van der Waals surface area contributed by atoms with Gasteiger partial charge in [0.25, 0.3) is 5.91 Å². The molecule has 0 aromatic heterocycles. The van der Waals surface area contributed by atoms with Crippen LogP contribution in [-0.2, 0) is 11.3 Å². The Bertz CT molecular complexity index is 956. The molecule has 4 rings (SSSR count). The third-order valence-electron chi connectivity index (χ3n) is 6.63. The summed E-state index contributed by atoms with van der Waals surface area (Å²) in [5, 5.41) is 3.42. The normalized spacial score (nSPS) is 18.5. The smallest absolute Gasteiger partial charge is 0.255 e. The first kappa shape index (κ1) is 22.7. The summed E-state index contributed by atoms with van der Waals surface area (Å²) in [6.45, 7) is 2.54. The highest BCUT2D eigenvalue weighted by Gasteiger charge is 2.37. The molecule has 7 heteroatoms. The van der Waals surface area contributed by atoms with E-state index in [1.807, 2.05) is 12.1 Å². The van der Waals surface area contributed by atoms with Crippen molar-refractivity contribution in [2.45, 2.75) is 38.3 Å². The Morgan fingerprint density at radius 3 is 2.34 bits per heavy atom. The Hall–Kier alpha value is -2.44. The molecule has 1 aliphatic carbocycles. The summed E-state index contributed by atoms with van der Waals surface area (Å²) >= 11 is 6.20. The predicted molar refractivity (Wildman–Crippen MR) is 123 cm³/mol. The quantitative estimate of drug-likeness (QED) is 0.710. The first-order chi connectivity index (χ1) is 15.5. The molecule has 2 aliphatic rings. The van der Waals surface area contributed by atoms with Gasteiger partial charge in [-0.25, -0.2) is 4.39 Å². The van der Waals surface area contributed by atoms with Crippen molar-refractivity contribution in [3.05, 3.63) is 70.5 Å². The number of hydrogen-bond donors (Lipinski definition) is 1. The molecule has 2 amide bonds. The van der Waals surface area contributed by atoms with Crippen molar-refractivity contribution in [2.75, 3.05) is 26.2 Å². The van der Waals surface area contributed by atoms with Crippen LogP contribution in [0.5, 0.6) is 0 Å². The average molecular weight is 458 g/mol. The molecule has 1 saturated carbocycles. The second-order valence-electron chi connectivity index (χ2n) is 8.61. The zero-order chi connectivity index (χ0) is 22.5. The number of nitrogens with one attached hydrogen (secondary N) is 1. The highest BCUT2D eigenvalue weighted by atomic mass is 35.5. The van der Waals surface area contributed by atoms with Gasteiger partial charge in [-0.15, -0.1) is 0 Å². The maximum Gasteiger partial charge on any atom is 0.255 e. The fraction of sp³-hybridized carbons (Fsp3) is 0.440. The van der Waals surface area contributed by atoms with Crippen LogP contribution in [0.25, 0.3) is 0 Å². The number of halogens is 2. The van der Waals surface area contributed by atoms with E-state index in [9.17, 15) is 14.0 Å². The van der Waals surface area contributed by atoms with Crippen LogP contribution in [-0.4, -0.2) is 53.8 Å². The number of amides is 2. The monoisotopic (exact) mass is 457 g/mol. The molecular weight excluding hydrogens is 429 g/mol. The van der Waals surface area contributed by atoms with Crippen LogP contribution in [0.1, 0.15) is 41.6 Å². The van der Waals surface area contributed by atoms with E-state index in [2.05, 4.69) is 10.2 Å². The minimum Gasteiger partial charge on any atom is -0.351 e. The van der Waals surface area contributed by atoms with E-state index < -0.39 is 0 Å². The van der Waals surface area contributed by atoms with E-state index in [0.29, 0.717) is 48.2 Å². The van der Waals surface area contributed by atoms with Crippen LogP contribution in [0, 0.1) is 11.7 Å². The Balaban J connectivity index is 1.40. The molecule has 5 nitrogen and oxygen atoms in total. The number of nitrogens with zero attached hydrogens (tertiary/aromatic N) is 2. The average Bonchev–Trinajstić information content (AvgIpc) is 3.33. The topological polar surface area (TPSA) is 52.7 Å². The van der Waals surface area contributed by atoms with Gasteiger partial charge in [-0.1, -0.05) is 54.8 Å². The van der Waals surface area contributed by atoms with Gasteiger partial charge in [0.05, 0.1) is 16.6 Å². The number of carbonyl (C=O) groups excluding carboxylic acids is 2. The van der Waals surface area contributed by atoms with Gasteiger partial charge in [-0.3, -0.25) is 14.5 Å². The van der Waals surface area contributed by atoms with Crippen LogP contribution >= 0.6 is 11.6 Å². The Morgan fingerprint density at radius 2 is 1.66 bits per heavy atom. The van der Waals surface area contributed by atoms with Crippen LogP contribution in [0.4, 0.5) is 4.39 Å². The number of carbonyl (C=O) groups is 2. The minimum absolute atomic E-state index is 0.0500. The molecule has 1 heterocycles. The van der Waals surface area contributed by atoms with Crippen molar-refractivity contribution in [3.63, 3.8) is 0 Å². The van der Waals surface area contributed by atoms with Crippen molar-refractivity contribution < 1.29 is 14.0 Å². The molecule has 32 heavy (non-hydrogen) atoms. The van der Waals surface area contributed by atoms with Crippen molar-refractivity contribution >= 4 is 23.4 Å². The fourth-order valence-corrected chi connectivity index (χ4v) is 5.10. The summed E-state index contributed by atoms with van der Waals surface area (Å²) in [6.07, 6.45) is 4.31. The number of rotatable bonds is 6. The van der Waals surface area contributed by atoms with Crippen LogP contribution in [0.2, 0.25) is 5.02 Å². The molecule has 1 atom stereocenters. The molecule has 0 spiro atoms. The van der Waals surface area contributed by atoms with Crippen molar-refractivity contribution in [3.8, 4) is 0 Å². The highest BCUT2D eigenvalue weighted by molar-refractivity contribution is 6.33. The van der Waals surface area contributed by atoms with Crippen molar-refractivity contribution in [2.24, 2.45) is 5.92 Å². The highest BCUT2D eigenvalue weighted by Crippen LogP contribution is 2.31. The van der Waals surface area contributed by atoms with E-state index in [4.69, 9.17) is 11.6 Å². The summed E-state index contributed by atoms with van der Waals surface area (Å²) in [7, 11) is 0. The molecule has 2 fully saturated rings. The van der Waals surface area contributed by atoms with Crippen molar-refractivity contribution in [1.29, 1.82) is 0 Å². The van der Waals surface area contributed by atoms with Crippen LogP contribution in [0.15, 0.2) is 48.5 Å². The third kappa shape index (κ3) is 5.13. The van der Waals surface area contributed by atoms with Gasteiger partial charge >= 0.3 is 0 Å². The van der Waals surface area contributed by atoms with Gasteiger partial charge in [-0.2, -0.15) is 0 Å². The minimum atomic E-state index is -0.308. The standard InChI is InChI=1S/C25H29ClFN3O2/c26-21-11-5-4-10-20(21)25(32)30-15-13-29(14-16-30)23(18-7-1-2-8-18)24(31)28-17-19-9-3-6-12-22(19)27/h3-6,9-12,18,23H,1-2,7-8,13-17H2,(H,28,31). The molecule has 2 aromatic carbocycles. The summed E-state index contributed by atoms with van der Waals surface area (Å²) in [5.74, 6) is -0.138. The molecule has 0 radical (unpaired) electrons. The number of piperazine rings is 1. The lowest BCUT2D eigenvalue weighted by molar-refractivity contribution is -0.129. The number of hydrogen-bond acceptors (Lipinski definition) is 3. The van der Waals surface area contributed by atoms with E-state index in [1.54, 1.807) is 35.2 Å². The van der Waals surface area contributed by atoms with Crippen LogP contribution < -0.4 is 5.32 Å². The second kappa shape index (κ2) is 10.5. The summed E-state index contributed by atoms with van der Waals surface area (Å²) < 4.78 is 14.0. The summed E-state index contributed by atoms with van der Waals surface area (Å²) in [6, 6.07) is 13.4. The first-order valence-corrected chi connectivity index (χ1v) is 11.7. The van der Waals surface area contributed by atoms with E-state index in [0.717, 1.165) is 25.7 Å². The largest absolute Gasteiger partial charge is 0.351 e. The molecule has 1 aliphatic heterocycles. The first-order valence-electron chi connectivity index (χ1n) is 11.3. The molecule has 170 valence electrons. The lowest BCUT2D eigenvalue weighted by Crippen LogP contribution is -2.57. The van der Waals surface area contributed by atoms with Gasteiger partial charge in [-0.05, 0) is 37.0 Å². The molecule has 2 aromatic rings. The number of benzene rings is 2. The van der Waals surface area contributed by atoms with Gasteiger partial charge in [0.2, 0.25) is 5.91 Å². The molecular formula is C25H29ClFN3O2. The SMILES string of the molecule is O=C(NCc1ccccc1F)C(C1CCCC1)N1CCN(C(=O)c2ccccc2Cl)CC1. The maximum absolute atomic E-state index is 14.0. The second-order valence-corrected chi connectivity index (χ2v) is 9.01. The van der Waals surface area contributed by atoms with E-state index in [1.165, 1.54) is 6.07 Å². The summed E-state index contributed by atoms with van der Waals surface area (Å²) in [4.78, 5) is 30.1. The van der Waals surface area contributed by atoms with Gasteiger partial charge in [0.15, 0.2) is 0 Å². The lowest BCUT2D eigenvalue weighted by Gasteiger charge is -2.40. The van der Waals surface area contributed by atoms with Gasteiger partial charge in [0.1, 0.15) is 5.82 Å². The Morgan fingerprint density at radius 1 is 1.00 bits per heavy atom. The predicted octanol–water partition coefficient (Wildman–Crippen LogP) is 4.11. The zero-order valence-electron chi connectivity index (χ0n) is 18.1. The van der Waals surface area contributed by atoms with Gasteiger partial charge in [0, 0.05) is 38.3 Å².